The number of hydrogen-bond acceptors (Lipinski definition) is 4. The van der Waals surface area contributed by atoms with Crippen LogP contribution >= 0.6 is 0 Å². The quantitative estimate of drug-likeness (QED) is 0.512. The van der Waals surface area contributed by atoms with Gasteiger partial charge in [-0.15, -0.1) is 0 Å². The van der Waals surface area contributed by atoms with E-state index in [1.807, 2.05) is 0 Å². The molecule has 0 spiro atoms. The summed E-state index contributed by atoms with van der Waals surface area (Å²) in [6.07, 6.45) is 6.20. The molecule has 2 unspecified atom stereocenters. The van der Waals surface area contributed by atoms with Gasteiger partial charge in [0.25, 0.3) is 0 Å². The second-order valence-corrected chi connectivity index (χ2v) is 5.16. The minimum Gasteiger partial charge on any atom is -0.382 e. The largest absolute Gasteiger partial charge is 0.382 e. The topological polar surface area (TPSA) is 73.6 Å². The zero-order chi connectivity index (χ0) is 13.9. The van der Waals surface area contributed by atoms with Crippen LogP contribution in [-0.4, -0.2) is 45.4 Å². The lowest BCUT2D eigenvalue weighted by atomic mass is 9.94. The highest BCUT2D eigenvalue weighted by Gasteiger charge is 2.26. The second-order valence-electron chi connectivity index (χ2n) is 5.16. The number of hydrogen-bond donors (Lipinski definition) is 2. The SMILES string of the molecule is COCCOCCCNC(=O)C1CCCCCC1N. The van der Waals surface area contributed by atoms with Crippen LogP contribution in [0, 0.1) is 5.92 Å². The van der Waals surface area contributed by atoms with Gasteiger partial charge in [0.1, 0.15) is 0 Å². The van der Waals surface area contributed by atoms with E-state index in [4.69, 9.17) is 15.2 Å². The third kappa shape index (κ3) is 6.89. The van der Waals surface area contributed by atoms with Gasteiger partial charge in [-0.1, -0.05) is 19.3 Å². The van der Waals surface area contributed by atoms with Crippen molar-refractivity contribution in [3.05, 3.63) is 0 Å². The molecular weight excluding hydrogens is 244 g/mol. The van der Waals surface area contributed by atoms with Gasteiger partial charge in [-0.25, -0.2) is 0 Å². The Morgan fingerprint density at radius 2 is 2.00 bits per heavy atom. The molecule has 5 heteroatoms. The lowest BCUT2D eigenvalue weighted by molar-refractivity contribution is -0.125. The van der Waals surface area contributed by atoms with Crippen LogP contribution in [-0.2, 0) is 14.3 Å². The maximum atomic E-state index is 12.0. The summed E-state index contributed by atoms with van der Waals surface area (Å²) in [6, 6.07) is 0.0282. The van der Waals surface area contributed by atoms with Crippen LogP contribution in [0.25, 0.3) is 0 Å². The summed E-state index contributed by atoms with van der Waals surface area (Å²) < 4.78 is 10.2. The van der Waals surface area contributed by atoms with Crippen molar-refractivity contribution in [2.24, 2.45) is 11.7 Å². The van der Waals surface area contributed by atoms with Crippen molar-refractivity contribution >= 4 is 5.91 Å². The molecule has 0 aromatic heterocycles. The smallest absolute Gasteiger partial charge is 0.224 e. The first-order chi connectivity index (χ1) is 9.25. The Bertz CT molecular complexity index is 249. The fraction of sp³-hybridized carbons (Fsp3) is 0.929. The van der Waals surface area contributed by atoms with Crippen molar-refractivity contribution in [3.63, 3.8) is 0 Å². The summed E-state index contributed by atoms with van der Waals surface area (Å²) >= 11 is 0. The average molecular weight is 272 g/mol. The van der Waals surface area contributed by atoms with Crippen molar-refractivity contribution in [2.45, 2.75) is 44.6 Å². The summed E-state index contributed by atoms with van der Waals surface area (Å²) in [7, 11) is 1.65. The van der Waals surface area contributed by atoms with E-state index in [1.165, 1.54) is 6.42 Å². The standard InChI is InChI=1S/C14H28N2O3/c1-18-10-11-19-9-5-8-16-14(17)12-6-3-2-4-7-13(12)15/h12-13H,2-11,15H2,1H3,(H,16,17). The molecule has 19 heavy (non-hydrogen) atoms. The minimum atomic E-state index is -0.00286. The van der Waals surface area contributed by atoms with Crippen LogP contribution in [0.1, 0.15) is 38.5 Å². The van der Waals surface area contributed by atoms with Gasteiger partial charge in [0.2, 0.25) is 5.91 Å². The van der Waals surface area contributed by atoms with E-state index in [2.05, 4.69) is 5.32 Å². The molecule has 0 aliphatic heterocycles. The molecular formula is C14H28N2O3. The van der Waals surface area contributed by atoms with Crippen molar-refractivity contribution in [3.8, 4) is 0 Å². The van der Waals surface area contributed by atoms with Crippen molar-refractivity contribution in [1.29, 1.82) is 0 Å². The Hall–Kier alpha value is -0.650. The molecule has 2 atom stereocenters. The lowest BCUT2D eigenvalue weighted by Gasteiger charge is -2.20. The van der Waals surface area contributed by atoms with E-state index in [0.29, 0.717) is 26.4 Å². The molecule has 1 amide bonds. The predicted molar refractivity (Wildman–Crippen MR) is 74.9 cm³/mol. The van der Waals surface area contributed by atoms with Crippen LogP contribution in [0.15, 0.2) is 0 Å². The molecule has 0 saturated heterocycles. The van der Waals surface area contributed by atoms with Gasteiger partial charge >= 0.3 is 0 Å². The van der Waals surface area contributed by atoms with Crippen LogP contribution in [0.4, 0.5) is 0 Å². The first-order valence-corrected chi connectivity index (χ1v) is 7.35. The number of nitrogens with two attached hydrogens (primary N) is 1. The minimum absolute atomic E-state index is 0.00286. The number of carbonyl (C=O) groups excluding carboxylic acids is 1. The summed E-state index contributed by atoms with van der Waals surface area (Å²) in [5, 5.41) is 2.97. The number of rotatable bonds is 8. The number of nitrogens with one attached hydrogen (secondary N) is 1. The maximum Gasteiger partial charge on any atom is 0.224 e. The molecule has 3 N–H and O–H groups in total. The number of ether oxygens (including phenoxy) is 2. The fourth-order valence-electron chi connectivity index (χ4n) is 2.42. The Balaban J connectivity index is 2.09. The van der Waals surface area contributed by atoms with Crippen molar-refractivity contribution in [2.75, 3.05) is 33.5 Å². The summed E-state index contributed by atoms with van der Waals surface area (Å²) in [5.74, 6) is 0.114. The fourth-order valence-corrected chi connectivity index (χ4v) is 2.42. The Labute approximate surface area is 116 Å². The molecule has 0 aromatic rings. The second kappa shape index (κ2) is 10.2. The van der Waals surface area contributed by atoms with E-state index in [1.54, 1.807) is 7.11 Å². The lowest BCUT2D eigenvalue weighted by Crippen LogP contribution is -2.41. The molecule has 0 radical (unpaired) electrons. The van der Waals surface area contributed by atoms with Gasteiger partial charge in [-0.05, 0) is 19.3 Å². The number of methoxy groups -OCH3 is 1. The normalized spacial score (nSPS) is 23.9. The van der Waals surface area contributed by atoms with E-state index in [9.17, 15) is 4.79 Å². The van der Waals surface area contributed by atoms with Gasteiger partial charge in [-0.3, -0.25) is 4.79 Å². The zero-order valence-corrected chi connectivity index (χ0v) is 12.0. The molecule has 1 aliphatic rings. The van der Waals surface area contributed by atoms with E-state index in [0.717, 1.165) is 32.1 Å². The Kier molecular flexibility index (Phi) is 8.79. The van der Waals surface area contributed by atoms with E-state index >= 15 is 0 Å². The highest BCUT2D eigenvalue weighted by Crippen LogP contribution is 2.22. The van der Waals surface area contributed by atoms with Gasteiger partial charge < -0.3 is 20.5 Å². The first-order valence-electron chi connectivity index (χ1n) is 7.35. The summed E-state index contributed by atoms with van der Waals surface area (Å²) in [6.45, 7) is 2.54. The average Bonchev–Trinajstić information content (AvgIpc) is 2.62. The third-order valence-electron chi connectivity index (χ3n) is 3.60. The molecule has 0 aromatic carbocycles. The van der Waals surface area contributed by atoms with E-state index in [-0.39, 0.29) is 17.9 Å². The number of amides is 1. The Morgan fingerprint density at radius 1 is 1.21 bits per heavy atom. The van der Waals surface area contributed by atoms with E-state index < -0.39 is 0 Å². The molecule has 0 bridgehead atoms. The highest BCUT2D eigenvalue weighted by molar-refractivity contribution is 5.79. The van der Waals surface area contributed by atoms with Crippen LogP contribution in [0.3, 0.4) is 0 Å². The molecule has 112 valence electrons. The van der Waals surface area contributed by atoms with Crippen molar-refractivity contribution in [1.82, 2.24) is 5.32 Å². The zero-order valence-electron chi connectivity index (χ0n) is 12.0. The van der Waals surface area contributed by atoms with Crippen LogP contribution < -0.4 is 11.1 Å². The summed E-state index contributed by atoms with van der Waals surface area (Å²) in [5.41, 5.74) is 6.07. The monoisotopic (exact) mass is 272 g/mol. The molecule has 1 fully saturated rings. The first kappa shape index (κ1) is 16.4. The van der Waals surface area contributed by atoms with Gasteiger partial charge in [0, 0.05) is 26.3 Å². The number of carbonyl (C=O) groups is 1. The highest BCUT2D eigenvalue weighted by atomic mass is 16.5. The molecule has 1 aliphatic carbocycles. The van der Waals surface area contributed by atoms with Crippen LogP contribution in [0.5, 0.6) is 0 Å². The molecule has 5 nitrogen and oxygen atoms in total. The molecule has 1 saturated carbocycles. The molecule has 0 heterocycles. The Morgan fingerprint density at radius 3 is 2.79 bits per heavy atom. The summed E-state index contributed by atoms with van der Waals surface area (Å²) in [4.78, 5) is 12.0. The third-order valence-corrected chi connectivity index (χ3v) is 3.60. The van der Waals surface area contributed by atoms with Gasteiger partial charge in [0.15, 0.2) is 0 Å². The maximum absolute atomic E-state index is 12.0. The van der Waals surface area contributed by atoms with Gasteiger partial charge in [0.05, 0.1) is 19.1 Å². The van der Waals surface area contributed by atoms with Gasteiger partial charge in [-0.2, -0.15) is 0 Å². The predicted octanol–water partition coefficient (Wildman–Crippen LogP) is 1.06. The molecule has 1 rings (SSSR count). The van der Waals surface area contributed by atoms with Crippen LogP contribution in [0.2, 0.25) is 0 Å². The van der Waals surface area contributed by atoms with Crippen molar-refractivity contribution < 1.29 is 14.3 Å².